The van der Waals surface area contributed by atoms with Crippen LogP contribution < -0.4 is 21.2 Å². The molecule has 0 saturated carbocycles. The summed E-state index contributed by atoms with van der Waals surface area (Å²) in [6.07, 6.45) is 8.06. The molecule has 1 aliphatic heterocycles. The maximum Gasteiger partial charge on any atom is 0.209 e. The summed E-state index contributed by atoms with van der Waals surface area (Å²) in [5, 5.41) is 12.4. The van der Waals surface area contributed by atoms with Gasteiger partial charge >= 0.3 is 0 Å². The van der Waals surface area contributed by atoms with Gasteiger partial charge < -0.3 is 20.4 Å². The Balaban J connectivity index is 0.00000187. The van der Waals surface area contributed by atoms with Crippen LogP contribution in [0.2, 0.25) is 0 Å². The van der Waals surface area contributed by atoms with E-state index < -0.39 is 16.8 Å². The van der Waals surface area contributed by atoms with Crippen molar-refractivity contribution in [3.05, 3.63) is 52.2 Å². The van der Waals surface area contributed by atoms with Gasteiger partial charge in [0.05, 0.1) is 22.1 Å². The Bertz CT molecular complexity index is 1200. The van der Waals surface area contributed by atoms with E-state index in [0.717, 1.165) is 5.70 Å². The van der Waals surface area contributed by atoms with Gasteiger partial charge in [-0.05, 0) is 39.7 Å². The second-order valence-electron chi connectivity index (χ2n) is 7.92. The highest BCUT2D eigenvalue weighted by Crippen LogP contribution is 2.44. The maximum atomic E-state index is 15.2. The van der Waals surface area contributed by atoms with Crippen molar-refractivity contribution < 1.29 is 9.13 Å². The Hall–Kier alpha value is -3.60. The quantitative estimate of drug-likeness (QED) is 0.263. The summed E-state index contributed by atoms with van der Waals surface area (Å²) in [7, 11) is 0. The Morgan fingerprint density at radius 2 is 2.18 bits per heavy atom. The predicted molar refractivity (Wildman–Crippen MR) is 134 cm³/mol. The van der Waals surface area contributed by atoms with Crippen LogP contribution in [-0.4, -0.2) is 23.9 Å². The third kappa shape index (κ3) is 4.92. The second kappa shape index (κ2) is 10.8. The number of aliphatic imine (C=N–C) groups is 1. The van der Waals surface area contributed by atoms with Gasteiger partial charge in [0.2, 0.25) is 5.43 Å². The lowest BCUT2D eigenvalue weighted by atomic mass is 9.99. The van der Waals surface area contributed by atoms with E-state index in [4.69, 9.17) is 10.5 Å². The Morgan fingerprint density at radius 1 is 1.48 bits per heavy atom. The predicted octanol–water partition coefficient (Wildman–Crippen LogP) is 5.10. The van der Waals surface area contributed by atoms with Crippen molar-refractivity contribution in [2.75, 3.05) is 24.2 Å². The first-order valence-electron chi connectivity index (χ1n) is 11.0. The minimum atomic E-state index is -0.755. The van der Waals surface area contributed by atoms with Crippen molar-refractivity contribution in [3.8, 4) is 11.8 Å². The Morgan fingerprint density at radius 3 is 2.79 bits per heavy atom. The van der Waals surface area contributed by atoms with Gasteiger partial charge in [-0.3, -0.25) is 9.79 Å². The number of nitrogens with two attached hydrogens (primary N) is 1. The van der Waals surface area contributed by atoms with Crippen molar-refractivity contribution in [2.45, 2.75) is 53.0 Å². The SMILES string of the molecule is C=C/C=C(/CCCNc1c(F)c(N)c2c(=O)c(C#N)cn3c2c1OCC3(C)C)N=CC.CC. The molecule has 176 valence electrons. The molecule has 8 heteroatoms. The normalized spacial score (nSPS) is 14.3. The summed E-state index contributed by atoms with van der Waals surface area (Å²) < 4.78 is 22.9. The van der Waals surface area contributed by atoms with E-state index in [2.05, 4.69) is 16.9 Å². The number of benzene rings is 1. The summed E-state index contributed by atoms with van der Waals surface area (Å²) in [5.41, 5.74) is 5.90. The molecule has 33 heavy (non-hydrogen) atoms. The monoisotopic (exact) mass is 453 g/mol. The first kappa shape index (κ1) is 25.7. The number of halogens is 1. The van der Waals surface area contributed by atoms with Crippen molar-refractivity contribution >= 4 is 28.5 Å². The number of aromatic nitrogens is 1. The zero-order valence-corrected chi connectivity index (χ0v) is 20.0. The van der Waals surface area contributed by atoms with Crippen LogP contribution >= 0.6 is 0 Å². The van der Waals surface area contributed by atoms with E-state index in [1.165, 1.54) is 6.20 Å². The van der Waals surface area contributed by atoms with Gasteiger partial charge in [0.15, 0.2) is 11.6 Å². The van der Waals surface area contributed by atoms with E-state index in [0.29, 0.717) is 24.9 Å². The summed E-state index contributed by atoms with van der Waals surface area (Å²) in [4.78, 5) is 17.1. The van der Waals surface area contributed by atoms with Crippen LogP contribution in [-0.2, 0) is 5.54 Å². The topological polar surface area (TPSA) is 105 Å². The zero-order valence-electron chi connectivity index (χ0n) is 20.0. The largest absolute Gasteiger partial charge is 0.487 e. The number of nitriles is 1. The van der Waals surface area contributed by atoms with Crippen LogP contribution in [0.1, 0.15) is 53.0 Å². The summed E-state index contributed by atoms with van der Waals surface area (Å²) in [5.74, 6) is -0.523. The van der Waals surface area contributed by atoms with Crippen LogP contribution in [0, 0.1) is 17.1 Å². The van der Waals surface area contributed by atoms with Gasteiger partial charge in [-0.25, -0.2) is 4.39 Å². The summed E-state index contributed by atoms with van der Waals surface area (Å²) in [6.45, 7) is 14.0. The minimum Gasteiger partial charge on any atom is -0.487 e. The smallest absolute Gasteiger partial charge is 0.209 e. The van der Waals surface area contributed by atoms with E-state index in [-0.39, 0.29) is 34.7 Å². The average molecular weight is 454 g/mol. The number of nitrogens with zero attached hydrogens (tertiary/aromatic N) is 3. The molecule has 2 heterocycles. The number of nitrogen functional groups attached to an aromatic ring is 1. The molecule has 0 aliphatic carbocycles. The van der Waals surface area contributed by atoms with Crippen LogP contribution in [0.25, 0.3) is 10.9 Å². The fourth-order valence-electron chi connectivity index (χ4n) is 3.70. The lowest BCUT2D eigenvalue weighted by Crippen LogP contribution is -2.38. The first-order valence-corrected chi connectivity index (χ1v) is 11.0. The highest BCUT2D eigenvalue weighted by atomic mass is 19.1. The van der Waals surface area contributed by atoms with Gasteiger partial charge in [0.1, 0.15) is 23.9 Å². The number of nitrogens with one attached hydrogen (secondary N) is 1. The number of hydrogen-bond donors (Lipinski definition) is 2. The Labute approximate surface area is 194 Å². The molecule has 0 unspecified atom stereocenters. The molecule has 0 spiro atoms. The molecule has 2 aromatic rings. The number of ether oxygens (including phenoxy) is 1. The van der Waals surface area contributed by atoms with Crippen LogP contribution in [0.4, 0.5) is 15.8 Å². The van der Waals surface area contributed by atoms with Crippen molar-refractivity contribution in [1.29, 1.82) is 5.26 Å². The molecule has 0 saturated heterocycles. The van der Waals surface area contributed by atoms with Gasteiger partial charge in [-0.15, -0.1) is 0 Å². The molecule has 3 rings (SSSR count). The van der Waals surface area contributed by atoms with Gasteiger partial charge in [-0.1, -0.05) is 26.5 Å². The minimum absolute atomic E-state index is 0.0293. The van der Waals surface area contributed by atoms with Crippen molar-refractivity contribution in [1.82, 2.24) is 4.57 Å². The number of pyridine rings is 1. The Kier molecular flexibility index (Phi) is 8.41. The fourth-order valence-corrected chi connectivity index (χ4v) is 3.70. The molecule has 1 aromatic carbocycles. The molecular weight excluding hydrogens is 421 g/mol. The molecular formula is C25H32FN5O2. The molecule has 0 atom stereocenters. The van der Waals surface area contributed by atoms with Gasteiger partial charge in [0, 0.05) is 24.7 Å². The van der Waals surface area contributed by atoms with Gasteiger partial charge in [-0.2, -0.15) is 5.26 Å². The molecule has 0 amide bonds. The standard InChI is InChI=1S/C23H26FN5O2.C2H6/c1-5-8-15(27-6-2)9-7-10-28-19-17(24)18(26)16-20-22(19)31-13-23(3,4)29(20)12-14(11-25)21(16)30;1-2/h5-6,8,12,28H,1,7,9-10,13,26H2,2-4H3;1-2H3/b15-8-,27-6?;. The molecule has 7 nitrogen and oxygen atoms in total. The first-order chi connectivity index (χ1) is 15.8. The van der Waals surface area contributed by atoms with Crippen LogP contribution in [0.5, 0.6) is 5.75 Å². The van der Waals surface area contributed by atoms with Crippen LogP contribution in [0.3, 0.4) is 0 Å². The highest BCUT2D eigenvalue weighted by molar-refractivity contribution is 6.00. The lowest BCUT2D eigenvalue weighted by molar-refractivity contribution is 0.171. The molecule has 1 aliphatic rings. The lowest BCUT2D eigenvalue weighted by Gasteiger charge is -2.36. The number of rotatable bonds is 7. The summed E-state index contributed by atoms with van der Waals surface area (Å²) in [6, 6.07) is 1.89. The van der Waals surface area contributed by atoms with Crippen molar-refractivity contribution in [2.24, 2.45) is 4.99 Å². The molecule has 1 aromatic heterocycles. The average Bonchev–Trinajstić information content (AvgIpc) is 2.79. The van der Waals surface area contributed by atoms with E-state index in [9.17, 15) is 10.1 Å². The van der Waals surface area contributed by atoms with E-state index >= 15 is 4.39 Å². The zero-order chi connectivity index (χ0) is 24.8. The van der Waals surface area contributed by atoms with E-state index in [1.807, 2.05) is 46.8 Å². The van der Waals surface area contributed by atoms with Crippen LogP contribution in [0.15, 0.2) is 40.4 Å². The second-order valence-corrected chi connectivity index (χ2v) is 7.92. The molecule has 0 fully saturated rings. The van der Waals surface area contributed by atoms with E-state index in [1.54, 1.807) is 16.9 Å². The van der Waals surface area contributed by atoms with Gasteiger partial charge in [0.25, 0.3) is 0 Å². The third-order valence-corrected chi connectivity index (χ3v) is 5.23. The molecule has 3 N–H and O–H groups in total. The number of allylic oxidation sites excluding steroid dienone is 3. The van der Waals surface area contributed by atoms with Crippen molar-refractivity contribution in [3.63, 3.8) is 0 Å². The summed E-state index contributed by atoms with van der Waals surface area (Å²) >= 11 is 0. The third-order valence-electron chi connectivity index (χ3n) is 5.23. The molecule has 0 radical (unpaired) electrons. The number of anilines is 2. The number of hydrogen-bond acceptors (Lipinski definition) is 6. The molecule has 0 bridgehead atoms. The maximum absolute atomic E-state index is 15.2. The highest BCUT2D eigenvalue weighted by Gasteiger charge is 2.34. The fraction of sp³-hybridized carbons (Fsp3) is 0.400.